The normalized spacial score (nSPS) is 17.9. The number of carbonyl (C=O) groups excluding carboxylic acids is 2. The maximum Gasteiger partial charge on any atom is 0.243 e. The Morgan fingerprint density at radius 3 is 2.41 bits per heavy atom. The average Bonchev–Trinajstić information content (AvgIpc) is 3.42. The molecule has 10 heteroatoms. The van der Waals surface area contributed by atoms with Crippen LogP contribution in [0.2, 0.25) is 0 Å². The third-order valence-corrected chi connectivity index (χ3v) is 4.43. The number of amides is 2. The van der Waals surface area contributed by atoms with Crippen molar-refractivity contribution in [3.63, 3.8) is 0 Å². The number of guanidine groups is 1. The number of carbonyl (C=O) groups is 2. The van der Waals surface area contributed by atoms with Crippen molar-refractivity contribution in [2.75, 3.05) is 73.6 Å². The highest BCUT2D eigenvalue weighted by atomic mass is 127. The van der Waals surface area contributed by atoms with Gasteiger partial charge in [-0.2, -0.15) is 0 Å². The van der Waals surface area contributed by atoms with E-state index in [2.05, 4.69) is 25.4 Å². The number of nitrogens with one attached hydrogen (secondary N) is 2. The molecule has 0 spiro atoms. The highest BCUT2D eigenvalue weighted by Crippen LogP contribution is 2.18. The molecule has 0 unspecified atom stereocenters. The first-order valence-electron chi connectivity index (χ1n) is 9.23. The fourth-order valence-corrected chi connectivity index (χ4v) is 2.64. The number of ether oxygens (including phenoxy) is 1. The van der Waals surface area contributed by atoms with Crippen LogP contribution in [0.15, 0.2) is 4.99 Å². The van der Waals surface area contributed by atoms with Gasteiger partial charge in [0.05, 0.1) is 13.2 Å². The molecule has 27 heavy (non-hydrogen) atoms. The van der Waals surface area contributed by atoms with Crippen molar-refractivity contribution in [1.29, 1.82) is 0 Å². The van der Waals surface area contributed by atoms with E-state index in [1.165, 1.54) is 4.90 Å². The molecule has 1 heterocycles. The number of nitrogens with zero attached hydrogens (tertiary/aromatic N) is 4. The molecule has 156 valence electrons. The number of methoxy groups -OCH3 is 1. The zero-order valence-electron chi connectivity index (χ0n) is 16.6. The maximum atomic E-state index is 11.9. The molecule has 1 saturated heterocycles. The van der Waals surface area contributed by atoms with Crippen LogP contribution in [0, 0.1) is 0 Å². The second-order valence-corrected chi connectivity index (χ2v) is 6.95. The van der Waals surface area contributed by atoms with E-state index >= 15 is 0 Å². The Hall–Kier alpha value is -1.14. The molecule has 9 nitrogen and oxygen atoms in total. The third-order valence-electron chi connectivity index (χ3n) is 4.43. The SMILES string of the molecule is COCCNC(=NCC(=O)N(C)C)N1CCN(CC(=O)NC2CC2)CC1.I. The summed E-state index contributed by atoms with van der Waals surface area (Å²) in [6.45, 7) is 4.91. The van der Waals surface area contributed by atoms with E-state index in [9.17, 15) is 9.59 Å². The summed E-state index contributed by atoms with van der Waals surface area (Å²) in [5, 5.41) is 6.28. The van der Waals surface area contributed by atoms with Crippen LogP contribution >= 0.6 is 24.0 Å². The smallest absolute Gasteiger partial charge is 0.243 e. The molecule has 1 saturated carbocycles. The van der Waals surface area contributed by atoms with Crippen molar-refractivity contribution >= 4 is 41.8 Å². The van der Waals surface area contributed by atoms with Gasteiger partial charge in [-0.3, -0.25) is 14.5 Å². The van der Waals surface area contributed by atoms with Crippen molar-refractivity contribution < 1.29 is 14.3 Å². The van der Waals surface area contributed by atoms with Crippen LogP contribution in [0.1, 0.15) is 12.8 Å². The van der Waals surface area contributed by atoms with Gasteiger partial charge >= 0.3 is 0 Å². The van der Waals surface area contributed by atoms with E-state index in [1.54, 1.807) is 21.2 Å². The number of aliphatic imine (C=N–C) groups is 1. The molecule has 0 aromatic carbocycles. The number of hydrogen-bond donors (Lipinski definition) is 2. The summed E-state index contributed by atoms with van der Waals surface area (Å²) < 4.78 is 5.08. The zero-order valence-corrected chi connectivity index (χ0v) is 18.9. The molecule has 0 radical (unpaired) electrons. The Balaban J connectivity index is 0.00000364. The van der Waals surface area contributed by atoms with Gasteiger partial charge in [0, 0.05) is 60.0 Å². The highest BCUT2D eigenvalue weighted by molar-refractivity contribution is 14.0. The predicted octanol–water partition coefficient (Wildman–Crippen LogP) is -0.819. The Bertz CT molecular complexity index is 505. The second-order valence-electron chi connectivity index (χ2n) is 6.95. The Morgan fingerprint density at radius 1 is 1.19 bits per heavy atom. The minimum absolute atomic E-state index is 0. The van der Waals surface area contributed by atoms with Crippen LogP contribution in [-0.2, 0) is 14.3 Å². The summed E-state index contributed by atoms with van der Waals surface area (Å²) in [7, 11) is 5.10. The first kappa shape index (κ1) is 23.9. The summed E-state index contributed by atoms with van der Waals surface area (Å²) >= 11 is 0. The molecule has 0 atom stereocenters. The fourth-order valence-electron chi connectivity index (χ4n) is 2.64. The molecule has 2 rings (SSSR count). The van der Waals surface area contributed by atoms with E-state index in [1.807, 2.05) is 0 Å². The van der Waals surface area contributed by atoms with Gasteiger partial charge in [-0.1, -0.05) is 0 Å². The largest absolute Gasteiger partial charge is 0.383 e. The molecule has 2 amide bonds. The van der Waals surface area contributed by atoms with Gasteiger partial charge in [-0.25, -0.2) is 4.99 Å². The van der Waals surface area contributed by atoms with Gasteiger partial charge < -0.3 is 25.2 Å². The first-order valence-corrected chi connectivity index (χ1v) is 9.23. The topological polar surface area (TPSA) is 89.5 Å². The standard InChI is InChI=1S/C17H32N6O3.HI/c1-21(2)16(25)12-19-17(18-6-11-26-3)23-9-7-22(8-10-23)13-15(24)20-14-4-5-14;/h14H,4-13H2,1-3H3,(H,18,19)(H,20,24);1H. The lowest BCUT2D eigenvalue weighted by molar-refractivity contribution is -0.127. The van der Waals surface area contributed by atoms with Crippen LogP contribution < -0.4 is 10.6 Å². The molecule has 0 aromatic heterocycles. The first-order chi connectivity index (χ1) is 12.5. The lowest BCUT2D eigenvalue weighted by Crippen LogP contribution is -2.54. The Morgan fingerprint density at radius 2 is 1.85 bits per heavy atom. The Kier molecular flexibility index (Phi) is 10.9. The molecule has 0 bridgehead atoms. The average molecular weight is 496 g/mol. The third kappa shape index (κ3) is 9.06. The van der Waals surface area contributed by atoms with Gasteiger partial charge in [0.15, 0.2) is 5.96 Å². The minimum Gasteiger partial charge on any atom is -0.383 e. The van der Waals surface area contributed by atoms with E-state index in [0.717, 1.165) is 45.0 Å². The van der Waals surface area contributed by atoms with E-state index in [4.69, 9.17) is 4.74 Å². The number of halogens is 1. The fraction of sp³-hybridized carbons (Fsp3) is 0.824. The summed E-state index contributed by atoms with van der Waals surface area (Å²) in [6.07, 6.45) is 2.22. The van der Waals surface area contributed by atoms with E-state index in [-0.39, 0.29) is 42.3 Å². The molecule has 1 aliphatic heterocycles. The number of piperazine rings is 1. The van der Waals surface area contributed by atoms with Gasteiger partial charge in [0.2, 0.25) is 11.8 Å². The Labute approximate surface area is 178 Å². The lowest BCUT2D eigenvalue weighted by atomic mass is 10.3. The molecule has 2 aliphatic rings. The molecule has 2 fully saturated rings. The van der Waals surface area contributed by atoms with Crippen molar-refractivity contribution in [1.82, 2.24) is 25.3 Å². The van der Waals surface area contributed by atoms with Crippen molar-refractivity contribution in [2.45, 2.75) is 18.9 Å². The highest BCUT2D eigenvalue weighted by Gasteiger charge is 2.26. The van der Waals surface area contributed by atoms with Crippen LogP contribution in [-0.4, -0.2) is 112 Å². The van der Waals surface area contributed by atoms with E-state index in [0.29, 0.717) is 25.7 Å². The zero-order chi connectivity index (χ0) is 18.9. The van der Waals surface area contributed by atoms with Crippen LogP contribution in [0.5, 0.6) is 0 Å². The molecule has 0 aromatic rings. The summed E-state index contributed by atoms with van der Waals surface area (Å²) in [5.74, 6) is 0.801. The summed E-state index contributed by atoms with van der Waals surface area (Å²) in [5.41, 5.74) is 0. The second kappa shape index (κ2) is 12.3. The van der Waals surface area contributed by atoms with Gasteiger partial charge in [0.1, 0.15) is 6.54 Å². The van der Waals surface area contributed by atoms with Crippen molar-refractivity contribution in [2.24, 2.45) is 4.99 Å². The van der Waals surface area contributed by atoms with Crippen LogP contribution in [0.25, 0.3) is 0 Å². The number of hydrogen-bond acceptors (Lipinski definition) is 5. The molecule has 1 aliphatic carbocycles. The van der Waals surface area contributed by atoms with Crippen LogP contribution in [0.3, 0.4) is 0 Å². The van der Waals surface area contributed by atoms with Crippen LogP contribution in [0.4, 0.5) is 0 Å². The molecular weight excluding hydrogens is 463 g/mol. The lowest BCUT2D eigenvalue weighted by Gasteiger charge is -2.36. The van der Waals surface area contributed by atoms with Gasteiger partial charge in [-0.05, 0) is 12.8 Å². The van der Waals surface area contributed by atoms with E-state index < -0.39 is 0 Å². The number of rotatable bonds is 8. The molecular formula is C17H33IN6O3. The quantitative estimate of drug-likeness (QED) is 0.198. The monoisotopic (exact) mass is 496 g/mol. The van der Waals surface area contributed by atoms with Gasteiger partial charge in [-0.15, -0.1) is 24.0 Å². The maximum absolute atomic E-state index is 11.9. The van der Waals surface area contributed by atoms with Crippen molar-refractivity contribution in [3.05, 3.63) is 0 Å². The summed E-state index contributed by atoms with van der Waals surface area (Å²) in [4.78, 5) is 34.0. The number of likely N-dealkylation sites (N-methyl/N-ethyl adjacent to an activating group) is 1. The molecule has 2 N–H and O–H groups in total. The summed E-state index contributed by atoms with van der Waals surface area (Å²) in [6, 6.07) is 0.404. The van der Waals surface area contributed by atoms with Gasteiger partial charge in [0.25, 0.3) is 0 Å². The van der Waals surface area contributed by atoms with Crippen molar-refractivity contribution in [3.8, 4) is 0 Å². The predicted molar refractivity (Wildman–Crippen MR) is 115 cm³/mol. The minimum atomic E-state index is -0.0357.